The summed E-state index contributed by atoms with van der Waals surface area (Å²) in [6, 6.07) is 6.98. The Labute approximate surface area is 88.9 Å². The number of hydrogen-bond donors (Lipinski definition) is 0. The van der Waals surface area contributed by atoms with Crippen LogP contribution < -0.4 is 4.90 Å². The Morgan fingerprint density at radius 2 is 1.92 bits per heavy atom. The van der Waals surface area contributed by atoms with Crippen molar-refractivity contribution in [3.05, 3.63) is 28.2 Å². The van der Waals surface area contributed by atoms with Crippen molar-refractivity contribution in [2.24, 2.45) is 0 Å². The van der Waals surface area contributed by atoms with Crippen LogP contribution in [0.5, 0.6) is 0 Å². The summed E-state index contributed by atoms with van der Waals surface area (Å²) in [4.78, 5) is 2.26. The average Bonchev–Trinajstić information content (AvgIpc) is 2.08. The van der Waals surface area contributed by atoms with E-state index in [4.69, 9.17) is 0 Å². The van der Waals surface area contributed by atoms with Crippen LogP contribution in [0.1, 0.15) is 19.4 Å². The molecule has 1 nitrogen and oxygen atoms in total. The first-order chi connectivity index (χ1) is 6.02. The van der Waals surface area contributed by atoms with E-state index in [2.05, 4.69) is 66.8 Å². The van der Waals surface area contributed by atoms with Gasteiger partial charge in [0.05, 0.1) is 0 Å². The molecule has 0 N–H and O–H groups in total. The summed E-state index contributed by atoms with van der Waals surface area (Å²) in [6.45, 7) is 6.50. The predicted octanol–water partition coefficient (Wildman–Crippen LogP) is 3.60. The first-order valence-electron chi connectivity index (χ1n) is 4.51. The molecule has 1 aromatic carbocycles. The van der Waals surface area contributed by atoms with Crippen molar-refractivity contribution >= 4 is 21.6 Å². The molecular formula is C11H16BrN. The smallest absolute Gasteiger partial charge is 0.0369 e. The minimum Gasteiger partial charge on any atom is -0.372 e. The van der Waals surface area contributed by atoms with Gasteiger partial charge in [-0.2, -0.15) is 0 Å². The van der Waals surface area contributed by atoms with Gasteiger partial charge in [-0.15, -0.1) is 0 Å². The van der Waals surface area contributed by atoms with Gasteiger partial charge in [-0.3, -0.25) is 0 Å². The van der Waals surface area contributed by atoms with Crippen molar-refractivity contribution in [3.8, 4) is 0 Å². The number of rotatable bonds is 2. The van der Waals surface area contributed by atoms with Crippen molar-refractivity contribution in [2.45, 2.75) is 26.8 Å². The summed E-state index contributed by atoms with van der Waals surface area (Å²) >= 11 is 3.50. The number of benzene rings is 1. The van der Waals surface area contributed by atoms with Crippen LogP contribution in [-0.4, -0.2) is 13.1 Å². The van der Waals surface area contributed by atoms with Crippen LogP contribution in [-0.2, 0) is 0 Å². The zero-order valence-electron chi connectivity index (χ0n) is 8.63. The Morgan fingerprint density at radius 1 is 1.31 bits per heavy atom. The van der Waals surface area contributed by atoms with Gasteiger partial charge in [-0.1, -0.05) is 15.9 Å². The van der Waals surface area contributed by atoms with Gasteiger partial charge in [-0.05, 0) is 44.5 Å². The van der Waals surface area contributed by atoms with Gasteiger partial charge in [0.1, 0.15) is 0 Å². The molecule has 0 saturated heterocycles. The molecule has 0 heterocycles. The summed E-state index contributed by atoms with van der Waals surface area (Å²) in [6.07, 6.45) is 0. The Balaban J connectivity index is 2.97. The molecule has 0 saturated carbocycles. The fourth-order valence-corrected chi connectivity index (χ4v) is 1.39. The van der Waals surface area contributed by atoms with Crippen molar-refractivity contribution < 1.29 is 0 Å². The van der Waals surface area contributed by atoms with Crippen LogP contribution in [0.2, 0.25) is 0 Å². The molecule has 1 aromatic rings. The molecule has 0 unspecified atom stereocenters. The molecule has 0 aromatic heterocycles. The van der Waals surface area contributed by atoms with Crippen molar-refractivity contribution in [3.63, 3.8) is 0 Å². The summed E-state index contributed by atoms with van der Waals surface area (Å²) in [5, 5.41) is 0. The van der Waals surface area contributed by atoms with E-state index in [9.17, 15) is 0 Å². The van der Waals surface area contributed by atoms with Gasteiger partial charge in [0.2, 0.25) is 0 Å². The average molecular weight is 242 g/mol. The van der Waals surface area contributed by atoms with Crippen LogP contribution in [0.25, 0.3) is 0 Å². The van der Waals surface area contributed by atoms with Gasteiger partial charge in [0.25, 0.3) is 0 Å². The lowest BCUT2D eigenvalue weighted by molar-refractivity contribution is 0.754. The highest BCUT2D eigenvalue weighted by Gasteiger charge is 2.05. The third-order valence-corrected chi connectivity index (χ3v) is 3.21. The van der Waals surface area contributed by atoms with Gasteiger partial charge in [-0.25, -0.2) is 0 Å². The third kappa shape index (κ3) is 2.47. The van der Waals surface area contributed by atoms with Gasteiger partial charge >= 0.3 is 0 Å². The molecule has 0 atom stereocenters. The van der Waals surface area contributed by atoms with Crippen LogP contribution >= 0.6 is 15.9 Å². The van der Waals surface area contributed by atoms with E-state index in [1.165, 1.54) is 15.7 Å². The lowest BCUT2D eigenvalue weighted by atomic mass is 10.2. The number of nitrogens with zero attached hydrogens (tertiary/aromatic N) is 1. The second-order valence-corrected chi connectivity index (χ2v) is 4.49. The fourth-order valence-electron chi connectivity index (χ4n) is 1.15. The van der Waals surface area contributed by atoms with E-state index in [0.29, 0.717) is 6.04 Å². The Hall–Kier alpha value is -0.500. The molecule has 0 spiro atoms. The van der Waals surface area contributed by atoms with Crippen molar-refractivity contribution in [1.29, 1.82) is 0 Å². The number of hydrogen-bond acceptors (Lipinski definition) is 1. The lowest BCUT2D eigenvalue weighted by Gasteiger charge is -2.24. The third-order valence-electron chi connectivity index (χ3n) is 2.32. The number of halogens is 1. The quantitative estimate of drug-likeness (QED) is 0.765. The van der Waals surface area contributed by atoms with Crippen LogP contribution in [0.3, 0.4) is 0 Å². The summed E-state index contributed by atoms with van der Waals surface area (Å²) < 4.78 is 1.17. The van der Waals surface area contributed by atoms with E-state index in [1.807, 2.05) is 0 Å². The molecule has 0 aliphatic heterocycles. The molecule has 0 amide bonds. The molecule has 0 aliphatic carbocycles. The zero-order valence-corrected chi connectivity index (χ0v) is 10.2. The Morgan fingerprint density at radius 3 is 2.38 bits per heavy atom. The first-order valence-corrected chi connectivity index (χ1v) is 5.30. The molecular weight excluding hydrogens is 226 g/mol. The maximum Gasteiger partial charge on any atom is 0.0369 e. The molecule has 0 radical (unpaired) electrons. The SMILES string of the molecule is Cc1cc(N(C)C(C)C)ccc1Br. The standard InChI is InChI=1S/C11H16BrN/c1-8(2)13(4)10-5-6-11(12)9(3)7-10/h5-8H,1-4H3. The number of aryl methyl sites for hydroxylation is 1. The summed E-state index contributed by atoms with van der Waals surface area (Å²) in [5.41, 5.74) is 2.56. The normalized spacial score (nSPS) is 10.6. The molecule has 13 heavy (non-hydrogen) atoms. The monoisotopic (exact) mass is 241 g/mol. The highest BCUT2D eigenvalue weighted by Crippen LogP contribution is 2.23. The lowest BCUT2D eigenvalue weighted by Crippen LogP contribution is -2.25. The van der Waals surface area contributed by atoms with Crippen LogP contribution in [0, 0.1) is 6.92 Å². The molecule has 0 fully saturated rings. The van der Waals surface area contributed by atoms with E-state index in [-0.39, 0.29) is 0 Å². The Bertz CT molecular complexity index is 294. The topological polar surface area (TPSA) is 3.24 Å². The van der Waals surface area contributed by atoms with E-state index >= 15 is 0 Å². The van der Waals surface area contributed by atoms with Crippen molar-refractivity contribution in [1.82, 2.24) is 0 Å². The van der Waals surface area contributed by atoms with Gasteiger partial charge in [0.15, 0.2) is 0 Å². The largest absolute Gasteiger partial charge is 0.372 e. The highest BCUT2D eigenvalue weighted by atomic mass is 79.9. The van der Waals surface area contributed by atoms with E-state index in [0.717, 1.165) is 0 Å². The molecule has 2 heteroatoms. The molecule has 1 rings (SSSR count). The molecule has 0 aliphatic rings. The zero-order chi connectivity index (χ0) is 10.0. The maximum atomic E-state index is 3.50. The minimum absolute atomic E-state index is 0.542. The molecule has 0 bridgehead atoms. The summed E-state index contributed by atoms with van der Waals surface area (Å²) in [7, 11) is 2.12. The van der Waals surface area contributed by atoms with Crippen LogP contribution in [0.15, 0.2) is 22.7 Å². The highest BCUT2D eigenvalue weighted by molar-refractivity contribution is 9.10. The van der Waals surface area contributed by atoms with Crippen LogP contribution in [0.4, 0.5) is 5.69 Å². The first kappa shape index (κ1) is 10.6. The number of anilines is 1. The minimum atomic E-state index is 0.542. The fraction of sp³-hybridized carbons (Fsp3) is 0.455. The maximum absolute atomic E-state index is 3.50. The summed E-state index contributed by atoms with van der Waals surface area (Å²) in [5.74, 6) is 0. The Kier molecular flexibility index (Phi) is 3.37. The molecule has 72 valence electrons. The second-order valence-electron chi connectivity index (χ2n) is 3.64. The van der Waals surface area contributed by atoms with Gasteiger partial charge in [0, 0.05) is 23.2 Å². The van der Waals surface area contributed by atoms with E-state index in [1.54, 1.807) is 0 Å². The van der Waals surface area contributed by atoms with Crippen molar-refractivity contribution in [2.75, 3.05) is 11.9 Å². The second kappa shape index (κ2) is 4.14. The van der Waals surface area contributed by atoms with E-state index < -0.39 is 0 Å². The van der Waals surface area contributed by atoms with Gasteiger partial charge < -0.3 is 4.90 Å². The predicted molar refractivity (Wildman–Crippen MR) is 62.4 cm³/mol.